The summed E-state index contributed by atoms with van der Waals surface area (Å²) in [5.41, 5.74) is 5.27. The van der Waals surface area contributed by atoms with Crippen molar-refractivity contribution in [3.05, 3.63) is 42.0 Å². The summed E-state index contributed by atoms with van der Waals surface area (Å²) in [6.07, 6.45) is 0.344. The molecule has 0 unspecified atom stereocenters. The Morgan fingerprint density at radius 1 is 1.21 bits per heavy atom. The topological polar surface area (TPSA) is 151 Å². The molecule has 2 rings (SSSR count). The van der Waals surface area contributed by atoms with Gasteiger partial charge in [-0.3, -0.25) is 9.52 Å². The Morgan fingerprint density at radius 3 is 2.41 bits per heavy atom. The second-order valence-corrected chi connectivity index (χ2v) is 8.18. The van der Waals surface area contributed by atoms with Gasteiger partial charge in [-0.05, 0) is 50.6 Å². The van der Waals surface area contributed by atoms with Crippen molar-refractivity contribution in [2.75, 3.05) is 23.2 Å². The Bertz CT molecular complexity index is 959. The average molecular weight is 423 g/mol. The molecular weight excluding hydrogens is 398 g/mol. The minimum Gasteiger partial charge on any atom is -0.507 e. The minimum absolute atomic E-state index is 0.0192. The van der Waals surface area contributed by atoms with Crippen LogP contribution in [0.15, 0.2) is 41.3 Å². The first kappa shape index (κ1) is 22.3. The monoisotopic (exact) mass is 423 g/mol. The third kappa shape index (κ3) is 6.00. The van der Waals surface area contributed by atoms with Gasteiger partial charge in [0.2, 0.25) is 0 Å². The molecule has 0 atom stereocenters. The van der Waals surface area contributed by atoms with E-state index in [2.05, 4.69) is 10.0 Å². The summed E-state index contributed by atoms with van der Waals surface area (Å²) >= 11 is 0. The number of aliphatic hydroxyl groups is 1. The first-order valence-corrected chi connectivity index (χ1v) is 10.4. The van der Waals surface area contributed by atoms with Crippen molar-refractivity contribution in [2.45, 2.75) is 31.3 Å². The summed E-state index contributed by atoms with van der Waals surface area (Å²) < 4.78 is 33.8. The SMILES string of the molecule is CC(C)Oc1ccc(NS(=O)(=O)c2cc(C(N)=O)c(O)cc2NCCCO)cc1. The van der Waals surface area contributed by atoms with Crippen LogP contribution in [0.3, 0.4) is 0 Å². The van der Waals surface area contributed by atoms with E-state index in [1.807, 2.05) is 13.8 Å². The fourth-order valence-corrected chi connectivity index (χ4v) is 3.76. The molecule has 6 N–H and O–H groups in total. The zero-order valence-corrected chi connectivity index (χ0v) is 17.0. The molecular formula is C19H25N3O6S. The van der Waals surface area contributed by atoms with Crippen LogP contribution in [-0.2, 0) is 10.0 Å². The van der Waals surface area contributed by atoms with Gasteiger partial charge in [0.25, 0.3) is 15.9 Å². The second-order valence-electron chi connectivity index (χ2n) is 6.53. The van der Waals surface area contributed by atoms with Crippen molar-refractivity contribution >= 4 is 27.3 Å². The van der Waals surface area contributed by atoms with Gasteiger partial charge in [-0.25, -0.2) is 8.42 Å². The minimum atomic E-state index is -4.12. The highest BCUT2D eigenvalue weighted by Crippen LogP contribution is 2.31. The Labute approximate surface area is 169 Å². The number of amides is 1. The molecule has 2 aromatic rings. The molecule has 0 radical (unpaired) electrons. The number of carbonyl (C=O) groups excluding carboxylic acids is 1. The third-order valence-electron chi connectivity index (χ3n) is 3.78. The van der Waals surface area contributed by atoms with Gasteiger partial charge in [0.1, 0.15) is 16.4 Å². The lowest BCUT2D eigenvalue weighted by Crippen LogP contribution is -2.18. The summed E-state index contributed by atoms with van der Waals surface area (Å²) in [6.45, 7) is 3.92. The highest BCUT2D eigenvalue weighted by atomic mass is 32.2. The zero-order chi connectivity index (χ0) is 21.6. The second kappa shape index (κ2) is 9.48. The van der Waals surface area contributed by atoms with E-state index in [0.717, 1.165) is 12.1 Å². The van der Waals surface area contributed by atoms with Crippen molar-refractivity contribution in [3.8, 4) is 11.5 Å². The molecule has 0 aliphatic carbocycles. The number of benzene rings is 2. The van der Waals surface area contributed by atoms with Crippen molar-refractivity contribution in [1.82, 2.24) is 0 Å². The summed E-state index contributed by atoms with van der Waals surface area (Å²) in [5.74, 6) is -0.816. The molecule has 0 bridgehead atoms. The molecule has 9 nitrogen and oxygen atoms in total. The van der Waals surface area contributed by atoms with Crippen LogP contribution in [-0.4, -0.2) is 43.8 Å². The van der Waals surface area contributed by atoms with Gasteiger partial charge in [-0.15, -0.1) is 0 Å². The number of carbonyl (C=O) groups is 1. The van der Waals surface area contributed by atoms with Crippen LogP contribution < -0.4 is 20.5 Å². The number of phenols is 1. The highest BCUT2D eigenvalue weighted by Gasteiger charge is 2.23. The van der Waals surface area contributed by atoms with Gasteiger partial charge < -0.3 is 26.0 Å². The van der Waals surface area contributed by atoms with Gasteiger partial charge in [-0.1, -0.05) is 0 Å². The quantitative estimate of drug-likeness (QED) is 0.366. The van der Waals surface area contributed by atoms with Gasteiger partial charge in [0, 0.05) is 24.9 Å². The van der Waals surface area contributed by atoms with Crippen LogP contribution in [0.5, 0.6) is 11.5 Å². The van der Waals surface area contributed by atoms with Gasteiger partial charge in [-0.2, -0.15) is 0 Å². The molecule has 158 valence electrons. The molecule has 2 aromatic carbocycles. The number of sulfonamides is 1. The van der Waals surface area contributed by atoms with Crippen molar-refractivity contribution < 1.29 is 28.2 Å². The number of nitrogens with two attached hydrogens (primary N) is 1. The molecule has 29 heavy (non-hydrogen) atoms. The fourth-order valence-electron chi connectivity index (χ4n) is 2.51. The lowest BCUT2D eigenvalue weighted by atomic mass is 10.1. The van der Waals surface area contributed by atoms with E-state index in [1.54, 1.807) is 24.3 Å². The Balaban J connectivity index is 2.38. The molecule has 1 amide bonds. The number of anilines is 2. The molecule has 0 fully saturated rings. The molecule has 0 aliphatic rings. The molecule has 0 heterocycles. The van der Waals surface area contributed by atoms with Gasteiger partial charge in [0.15, 0.2) is 0 Å². The van der Waals surface area contributed by atoms with E-state index in [4.69, 9.17) is 15.6 Å². The zero-order valence-electron chi connectivity index (χ0n) is 16.2. The molecule has 10 heteroatoms. The number of aromatic hydroxyl groups is 1. The van der Waals surface area contributed by atoms with E-state index in [9.17, 15) is 18.3 Å². The van der Waals surface area contributed by atoms with E-state index in [0.29, 0.717) is 12.2 Å². The van der Waals surface area contributed by atoms with Crippen LogP contribution in [0.2, 0.25) is 0 Å². The van der Waals surface area contributed by atoms with Crippen molar-refractivity contribution in [1.29, 1.82) is 0 Å². The van der Waals surface area contributed by atoms with E-state index < -0.39 is 21.7 Å². The Morgan fingerprint density at radius 2 is 1.86 bits per heavy atom. The number of hydrogen-bond donors (Lipinski definition) is 5. The lowest BCUT2D eigenvalue weighted by molar-refractivity contribution is 0.0997. The van der Waals surface area contributed by atoms with E-state index >= 15 is 0 Å². The number of primary amides is 1. The third-order valence-corrected chi connectivity index (χ3v) is 5.20. The summed E-state index contributed by atoms with van der Waals surface area (Å²) in [5, 5.41) is 21.7. The first-order chi connectivity index (χ1) is 13.6. The fraction of sp³-hybridized carbons (Fsp3) is 0.316. The highest BCUT2D eigenvalue weighted by molar-refractivity contribution is 7.92. The van der Waals surface area contributed by atoms with Crippen LogP contribution >= 0.6 is 0 Å². The average Bonchev–Trinajstić information content (AvgIpc) is 2.62. The lowest BCUT2D eigenvalue weighted by Gasteiger charge is -2.16. The summed E-state index contributed by atoms with van der Waals surface area (Å²) in [7, 11) is -4.12. The number of aliphatic hydroxyl groups excluding tert-OH is 1. The van der Waals surface area contributed by atoms with Crippen molar-refractivity contribution in [2.24, 2.45) is 5.73 Å². The summed E-state index contributed by atoms with van der Waals surface area (Å²) in [6, 6.07) is 8.48. The predicted molar refractivity (Wildman–Crippen MR) is 110 cm³/mol. The maximum absolute atomic E-state index is 12.9. The number of hydrogen-bond acceptors (Lipinski definition) is 7. The number of nitrogens with one attached hydrogen (secondary N) is 2. The van der Waals surface area contributed by atoms with Crippen molar-refractivity contribution in [3.63, 3.8) is 0 Å². The summed E-state index contributed by atoms with van der Waals surface area (Å²) in [4.78, 5) is 11.3. The number of rotatable bonds is 10. The van der Waals surface area contributed by atoms with Gasteiger partial charge in [0.05, 0.1) is 17.4 Å². The van der Waals surface area contributed by atoms with Gasteiger partial charge >= 0.3 is 0 Å². The maximum atomic E-state index is 12.9. The number of ether oxygens (including phenoxy) is 1. The van der Waals surface area contributed by atoms with E-state index in [-0.39, 0.29) is 41.1 Å². The maximum Gasteiger partial charge on any atom is 0.263 e. The van der Waals surface area contributed by atoms with Crippen LogP contribution in [0.25, 0.3) is 0 Å². The molecule has 0 spiro atoms. The molecule has 0 saturated heterocycles. The van der Waals surface area contributed by atoms with Crippen LogP contribution in [0.4, 0.5) is 11.4 Å². The molecule has 0 saturated carbocycles. The molecule has 0 aliphatic heterocycles. The molecule has 0 aromatic heterocycles. The Hall–Kier alpha value is -2.98. The normalized spacial score (nSPS) is 11.3. The first-order valence-electron chi connectivity index (χ1n) is 8.95. The van der Waals surface area contributed by atoms with Crippen LogP contribution in [0, 0.1) is 0 Å². The van der Waals surface area contributed by atoms with Crippen LogP contribution in [0.1, 0.15) is 30.6 Å². The standard InChI is InChI=1S/C19H25N3O6S/c1-12(2)28-14-6-4-13(5-7-14)22-29(26,27)18-10-15(19(20)25)17(24)11-16(18)21-8-3-9-23/h4-7,10-12,21-24H,3,8-9H2,1-2H3,(H2,20,25). The predicted octanol–water partition coefficient (Wildman–Crippen LogP) is 1.87. The largest absolute Gasteiger partial charge is 0.507 e. The Kier molecular flexibility index (Phi) is 7.29. The van der Waals surface area contributed by atoms with E-state index in [1.165, 1.54) is 0 Å². The smallest absolute Gasteiger partial charge is 0.263 e.